The summed E-state index contributed by atoms with van der Waals surface area (Å²) in [6.45, 7) is 0. The van der Waals surface area contributed by atoms with E-state index in [1.165, 1.54) is 7.11 Å². The van der Waals surface area contributed by atoms with E-state index in [0.717, 1.165) is 19.4 Å². The fourth-order valence-corrected chi connectivity index (χ4v) is 3.31. The van der Waals surface area contributed by atoms with Crippen molar-refractivity contribution in [3.63, 3.8) is 0 Å². The van der Waals surface area contributed by atoms with Gasteiger partial charge in [-0.1, -0.05) is 23.5 Å². The van der Waals surface area contributed by atoms with Gasteiger partial charge in [-0.25, -0.2) is 9.98 Å². The molecule has 0 atom stereocenters. The topological polar surface area (TPSA) is 54.7 Å². The van der Waals surface area contributed by atoms with Gasteiger partial charge in [0.25, 0.3) is 0 Å². The Balaban J connectivity index is 1.93. The standard InChI is InChI=1S/C15H11IN2O2S/c1-20-12-7-9(6-10(16)14(12)19)8-17-15-18-11-4-2-3-5-13(11)21-15/h2-8,19H,1H3/b17-8+. The summed E-state index contributed by atoms with van der Waals surface area (Å²) in [5.41, 5.74) is 1.81. The lowest BCUT2D eigenvalue weighted by Crippen LogP contribution is -1.89. The van der Waals surface area contributed by atoms with Gasteiger partial charge in [0.15, 0.2) is 11.5 Å². The smallest absolute Gasteiger partial charge is 0.210 e. The number of para-hydroxylation sites is 1. The van der Waals surface area contributed by atoms with Crippen molar-refractivity contribution in [1.82, 2.24) is 4.98 Å². The van der Waals surface area contributed by atoms with Crippen LogP contribution in [-0.4, -0.2) is 23.4 Å². The van der Waals surface area contributed by atoms with Gasteiger partial charge in [-0.3, -0.25) is 0 Å². The predicted octanol–water partition coefficient (Wildman–Crippen LogP) is 4.37. The van der Waals surface area contributed by atoms with E-state index in [-0.39, 0.29) is 5.75 Å². The van der Waals surface area contributed by atoms with Gasteiger partial charge in [-0.15, -0.1) is 0 Å². The van der Waals surface area contributed by atoms with E-state index >= 15 is 0 Å². The summed E-state index contributed by atoms with van der Waals surface area (Å²) in [6.07, 6.45) is 1.72. The maximum atomic E-state index is 9.82. The maximum Gasteiger partial charge on any atom is 0.210 e. The fourth-order valence-electron chi connectivity index (χ4n) is 1.87. The first-order valence-electron chi connectivity index (χ1n) is 6.13. The number of fused-ring (bicyclic) bond motifs is 1. The molecule has 1 aromatic heterocycles. The summed E-state index contributed by atoms with van der Waals surface area (Å²) in [5, 5.41) is 10.5. The van der Waals surface area contributed by atoms with Crippen molar-refractivity contribution in [2.75, 3.05) is 7.11 Å². The fraction of sp³-hybridized carbons (Fsp3) is 0.0667. The Hall–Kier alpha value is -1.67. The van der Waals surface area contributed by atoms with Crippen molar-refractivity contribution in [2.24, 2.45) is 4.99 Å². The van der Waals surface area contributed by atoms with Crippen LogP contribution in [0.15, 0.2) is 41.4 Å². The van der Waals surface area contributed by atoms with Crippen LogP contribution in [0.5, 0.6) is 11.5 Å². The second-order valence-corrected chi connectivity index (χ2v) is 6.45. The predicted molar refractivity (Wildman–Crippen MR) is 94.2 cm³/mol. The third-order valence-corrected chi connectivity index (χ3v) is 4.64. The molecular formula is C15H11IN2O2S. The van der Waals surface area contributed by atoms with Crippen LogP contribution in [0, 0.1) is 3.57 Å². The van der Waals surface area contributed by atoms with E-state index in [2.05, 4.69) is 32.6 Å². The van der Waals surface area contributed by atoms with Gasteiger partial charge in [0.05, 0.1) is 20.9 Å². The first-order chi connectivity index (χ1) is 10.2. The Morgan fingerprint density at radius 2 is 2.14 bits per heavy atom. The lowest BCUT2D eigenvalue weighted by molar-refractivity contribution is 0.371. The van der Waals surface area contributed by atoms with Crippen LogP contribution in [0.25, 0.3) is 10.2 Å². The second-order valence-electron chi connectivity index (χ2n) is 4.28. The minimum Gasteiger partial charge on any atom is -0.504 e. The van der Waals surface area contributed by atoms with Crippen LogP contribution in [0.2, 0.25) is 0 Å². The average Bonchev–Trinajstić information content (AvgIpc) is 2.91. The lowest BCUT2D eigenvalue weighted by atomic mass is 10.2. The number of hydrogen-bond acceptors (Lipinski definition) is 5. The third kappa shape index (κ3) is 3.01. The SMILES string of the molecule is COc1cc(/C=N/c2nc3ccccc3s2)cc(I)c1O. The van der Waals surface area contributed by atoms with Crippen molar-refractivity contribution >= 4 is 55.5 Å². The van der Waals surface area contributed by atoms with Crippen molar-refractivity contribution in [2.45, 2.75) is 0 Å². The van der Waals surface area contributed by atoms with Crippen LogP contribution in [0.4, 0.5) is 5.13 Å². The zero-order valence-corrected chi connectivity index (χ0v) is 14.1. The molecule has 1 heterocycles. The number of rotatable bonds is 3. The van der Waals surface area contributed by atoms with Crippen LogP contribution in [0.1, 0.15) is 5.56 Å². The largest absolute Gasteiger partial charge is 0.504 e. The molecule has 0 spiro atoms. The van der Waals surface area contributed by atoms with E-state index in [4.69, 9.17) is 4.74 Å². The molecule has 0 saturated carbocycles. The van der Waals surface area contributed by atoms with Crippen LogP contribution < -0.4 is 4.74 Å². The number of aromatic nitrogens is 1. The molecule has 3 rings (SSSR count). The number of benzene rings is 2. The molecular weight excluding hydrogens is 399 g/mol. The molecule has 1 N–H and O–H groups in total. The van der Waals surface area contributed by atoms with Gasteiger partial charge in [-0.2, -0.15) is 0 Å². The number of nitrogens with zero attached hydrogens (tertiary/aromatic N) is 2. The highest BCUT2D eigenvalue weighted by Gasteiger charge is 2.07. The molecule has 0 aliphatic rings. The Morgan fingerprint density at radius 1 is 1.33 bits per heavy atom. The van der Waals surface area contributed by atoms with Gasteiger partial charge >= 0.3 is 0 Å². The Labute approximate surface area is 139 Å². The molecule has 0 saturated heterocycles. The number of phenolic OH excluding ortho intramolecular Hbond substituents is 1. The van der Waals surface area contributed by atoms with Crippen molar-refractivity contribution in [3.8, 4) is 11.5 Å². The molecule has 0 unspecified atom stereocenters. The van der Waals surface area contributed by atoms with Gasteiger partial charge in [0.2, 0.25) is 5.13 Å². The minimum absolute atomic E-state index is 0.148. The van der Waals surface area contributed by atoms with E-state index < -0.39 is 0 Å². The molecule has 106 valence electrons. The van der Waals surface area contributed by atoms with Crippen molar-refractivity contribution in [3.05, 3.63) is 45.5 Å². The number of phenols is 1. The van der Waals surface area contributed by atoms with Crippen molar-refractivity contribution in [1.29, 1.82) is 0 Å². The monoisotopic (exact) mass is 410 g/mol. The second kappa shape index (κ2) is 5.98. The van der Waals surface area contributed by atoms with Crippen molar-refractivity contribution < 1.29 is 9.84 Å². The number of hydrogen-bond donors (Lipinski definition) is 1. The van der Waals surface area contributed by atoms with E-state index in [0.29, 0.717) is 10.9 Å². The van der Waals surface area contributed by atoms with Gasteiger partial charge < -0.3 is 9.84 Å². The first kappa shape index (κ1) is 14.3. The highest BCUT2D eigenvalue weighted by atomic mass is 127. The molecule has 6 heteroatoms. The number of aromatic hydroxyl groups is 1. The summed E-state index contributed by atoms with van der Waals surface area (Å²) in [4.78, 5) is 8.85. The highest BCUT2D eigenvalue weighted by molar-refractivity contribution is 14.1. The summed E-state index contributed by atoms with van der Waals surface area (Å²) in [6, 6.07) is 11.5. The molecule has 0 bridgehead atoms. The molecule has 21 heavy (non-hydrogen) atoms. The molecule has 0 aliphatic carbocycles. The van der Waals surface area contributed by atoms with Crippen LogP contribution in [0.3, 0.4) is 0 Å². The molecule has 4 nitrogen and oxygen atoms in total. The third-order valence-electron chi connectivity index (χ3n) is 2.88. The number of methoxy groups -OCH3 is 1. The number of halogens is 1. The summed E-state index contributed by atoms with van der Waals surface area (Å²) in [5.74, 6) is 0.586. The zero-order valence-electron chi connectivity index (χ0n) is 11.1. The summed E-state index contributed by atoms with van der Waals surface area (Å²) < 4.78 is 6.97. The first-order valence-corrected chi connectivity index (χ1v) is 8.03. The molecule has 0 radical (unpaired) electrons. The zero-order chi connectivity index (χ0) is 14.8. The number of ether oxygens (including phenoxy) is 1. The molecule has 3 aromatic rings. The van der Waals surface area contributed by atoms with Gasteiger partial charge in [-0.05, 0) is 52.4 Å². The normalized spacial score (nSPS) is 11.3. The summed E-state index contributed by atoms with van der Waals surface area (Å²) in [7, 11) is 1.53. The lowest BCUT2D eigenvalue weighted by Gasteiger charge is -2.05. The molecule has 2 aromatic carbocycles. The molecule has 0 amide bonds. The van der Waals surface area contributed by atoms with Crippen LogP contribution in [-0.2, 0) is 0 Å². The van der Waals surface area contributed by atoms with Crippen LogP contribution >= 0.6 is 33.9 Å². The Kier molecular flexibility index (Phi) is 4.07. The van der Waals surface area contributed by atoms with E-state index in [1.807, 2.05) is 30.3 Å². The number of thiazole rings is 1. The quantitative estimate of drug-likeness (QED) is 0.516. The summed E-state index contributed by atoms with van der Waals surface area (Å²) >= 11 is 3.60. The maximum absolute atomic E-state index is 9.82. The average molecular weight is 410 g/mol. The van der Waals surface area contributed by atoms with Gasteiger partial charge in [0.1, 0.15) is 0 Å². The Morgan fingerprint density at radius 3 is 2.90 bits per heavy atom. The highest BCUT2D eigenvalue weighted by Crippen LogP contribution is 2.32. The Bertz CT molecular complexity index is 797. The van der Waals surface area contributed by atoms with E-state index in [1.54, 1.807) is 23.6 Å². The molecule has 0 aliphatic heterocycles. The van der Waals surface area contributed by atoms with E-state index in [9.17, 15) is 5.11 Å². The minimum atomic E-state index is 0.148. The van der Waals surface area contributed by atoms with Gasteiger partial charge in [0, 0.05) is 6.21 Å². The number of aliphatic imine (C=N–C) groups is 1. The molecule has 0 fully saturated rings.